The molecule has 8 nitrogen and oxygen atoms in total. The molecule has 0 amide bonds. The Morgan fingerprint density at radius 1 is 1.16 bits per heavy atom. The number of guanidine groups is 1. The Balaban J connectivity index is 0.00000363. The van der Waals surface area contributed by atoms with Gasteiger partial charge in [-0.3, -0.25) is 9.89 Å². The molecule has 1 aliphatic heterocycles. The Kier molecular flexibility index (Phi) is 11.8. The predicted octanol–water partition coefficient (Wildman–Crippen LogP) is 2.85. The molecule has 3 rings (SSSR count). The molecule has 1 aromatic heterocycles. The van der Waals surface area contributed by atoms with Crippen LogP contribution >= 0.6 is 35.6 Å². The minimum absolute atomic E-state index is 0. The van der Waals surface area contributed by atoms with Crippen LogP contribution in [-0.2, 0) is 0 Å². The van der Waals surface area contributed by atoms with Gasteiger partial charge in [0.2, 0.25) is 5.95 Å². The van der Waals surface area contributed by atoms with Gasteiger partial charge in [0.25, 0.3) is 0 Å². The molecule has 1 N–H and O–H groups in total. The van der Waals surface area contributed by atoms with E-state index < -0.39 is 0 Å². The lowest BCUT2D eigenvalue weighted by atomic mass is 10.3. The van der Waals surface area contributed by atoms with Crippen molar-refractivity contribution in [2.24, 2.45) is 4.99 Å². The van der Waals surface area contributed by atoms with E-state index in [1.165, 1.54) is 0 Å². The van der Waals surface area contributed by atoms with Gasteiger partial charge in [-0.05, 0) is 43.3 Å². The van der Waals surface area contributed by atoms with Crippen LogP contribution in [0.25, 0.3) is 0 Å². The first kappa shape index (κ1) is 26.4. The van der Waals surface area contributed by atoms with Crippen molar-refractivity contribution in [3.63, 3.8) is 0 Å². The third-order valence-electron chi connectivity index (χ3n) is 5.22. The zero-order valence-corrected chi connectivity index (χ0v) is 21.9. The number of aromatic nitrogens is 2. The summed E-state index contributed by atoms with van der Waals surface area (Å²) in [5.74, 6) is 2.53. The standard InChI is InChI=1S/C22H32ClN7O.HI/c1-24-21(28(2)17-18-31-20-7-5-19(23)6-8-20)25-11-4-12-29-13-15-30(16-14-29)22-26-9-3-10-27-22;/h3,5-10H,4,11-18H2,1-2H3,(H,24,25);1H. The van der Waals surface area contributed by atoms with E-state index in [4.69, 9.17) is 16.3 Å². The molecule has 1 fully saturated rings. The maximum Gasteiger partial charge on any atom is 0.225 e. The molecule has 0 spiro atoms. The molecule has 2 heterocycles. The van der Waals surface area contributed by atoms with Gasteiger partial charge in [0, 0.05) is 64.2 Å². The fourth-order valence-electron chi connectivity index (χ4n) is 3.45. The van der Waals surface area contributed by atoms with Crippen LogP contribution in [0.1, 0.15) is 6.42 Å². The van der Waals surface area contributed by atoms with Gasteiger partial charge in [0.05, 0.1) is 6.54 Å². The van der Waals surface area contributed by atoms with Gasteiger partial charge in [0.15, 0.2) is 5.96 Å². The van der Waals surface area contributed by atoms with E-state index in [-0.39, 0.29) is 24.0 Å². The van der Waals surface area contributed by atoms with Crippen LogP contribution < -0.4 is 15.0 Å². The van der Waals surface area contributed by atoms with Gasteiger partial charge in [-0.15, -0.1) is 24.0 Å². The van der Waals surface area contributed by atoms with Crippen molar-refractivity contribution in [1.29, 1.82) is 0 Å². The Morgan fingerprint density at radius 2 is 1.84 bits per heavy atom. The maximum absolute atomic E-state index is 5.90. The molecule has 1 aliphatic rings. The fraction of sp³-hybridized carbons (Fsp3) is 0.500. The number of ether oxygens (including phenoxy) is 1. The van der Waals surface area contributed by atoms with Crippen LogP contribution in [0.15, 0.2) is 47.7 Å². The first-order chi connectivity index (χ1) is 15.2. The highest BCUT2D eigenvalue weighted by Gasteiger charge is 2.18. The lowest BCUT2D eigenvalue weighted by Crippen LogP contribution is -2.48. The molecule has 32 heavy (non-hydrogen) atoms. The Morgan fingerprint density at radius 3 is 2.50 bits per heavy atom. The van der Waals surface area contributed by atoms with Gasteiger partial charge in [-0.1, -0.05) is 11.6 Å². The van der Waals surface area contributed by atoms with Gasteiger partial charge in [-0.2, -0.15) is 0 Å². The second kappa shape index (κ2) is 14.3. The number of aliphatic imine (C=N–C) groups is 1. The van der Waals surface area contributed by atoms with E-state index in [0.717, 1.165) is 69.9 Å². The zero-order valence-electron chi connectivity index (χ0n) is 18.8. The van der Waals surface area contributed by atoms with Gasteiger partial charge in [-0.25, -0.2) is 9.97 Å². The van der Waals surface area contributed by atoms with E-state index >= 15 is 0 Å². The van der Waals surface area contributed by atoms with Crippen molar-refractivity contribution in [2.45, 2.75) is 6.42 Å². The summed E-state index contributed by atoms with van der Waals surface area (Å²) >= 11 is 5.90. The fourth-order valence-corrected chi connectivity index (χ4v) is 3.58. The van der Waals surface area contributed by atoms with Crippen LogP contribution in [0.2, 0.25) is 5.02 Å². The average molecular weight is 574 g/mol. The van der Waals surface area contributed by atoms with E-state index in [9.17, 15) is 0 Å². The van der Waals surface area contributed by atoms with Crippen LogP contribution in [0.4, 0.5) is 5.95 Å². The Hall–Kier alpha value is -1.85. The molecular weight excluding hydrogens is 541 g/mol. The average Bonchev–Trinajstić information content (AvgIpc) is 2.81. The minimum Gasteiger partial charge on any atom is -0.492 e. The minimum atomic E-state index is 0. The number of halogens is 2. The van der Waals surface area contributed by atoms with Crippen LogP contribution in [0.5, 0.6) is 5.75 Å². The predicted molar refractivity (Wildman–Crippen MR) is 142 cm³/mol. The maximum atomic E-state index is 5.90. The lowest BCUT2D eigenvalue weighted by molar-refractivity contribution is 0.253. The molecule has 0 atom stereocenters. The summed E-state index contributed by atoms with van der Waals surface area (Å²) < 4.78 is 5.77. The topological polar surface area (TPSA) is 69.1 Å². The molecule has 0 saturated carbocycles. The number of hydrogen-bond acceptors (Lipinski definition) is 6. The Labute approximate surface area is 213 Å². The molecule has 1 aromatic carbocycles. The third kappa shape index (κ3) is 8.59. The smallest absolute Gasteiger partial charge is 0.225 e. The van der Waals surface area contributed by atoms with Crippen LogP contribution in [0.3, 0.4) is 0 Å². The number of anilines is 1. The van der Waals surface area contributed by atoms with Crippen molar-refractivity contribution in [1.82, 2.24) is 25.1 Å². The van der Waals surface area contributed by atoms with Crippen molar-refractivity contribution < 1.29 is 4.74 Å². The molecule has 176 valence electrons. The molecule has 1 saturated heterocycles. The number of rotatable bonds is 9. The number of piperazine rings is 1. The molecule has 0 aliphatic carbocycles. The number of benzene rings is 1. The summed E-state index contributed by atoms with van der Waals surface area (Å²) in [6.45, 7) is 7.28. The van der Waals surface area contributed by atoms with E-state index in [1.807, 2.05) is 44.4 Å². The summed E-state index contributed by atoms with van der Waals surface area (Å²) in [6, 6.07) is 9.27. The zero-order chi connectivity index (χ0) is 21.9. The van der Waals surface area contributed by atoms with Crippen molar-refractivity contribution in [3.05, 3.63) is 47.7 Å². The normalized spacial score (nSPS) is 14.6. The number of likely N-dealkylation sites (N-methyl/N-ethyl adjacent to an activating group) is 1. The summed E-state index contributed by atoms with van der Waals surface area (Å²) in [5, 5.41) is 4.15. The van der Waals surface area contributed by atoms with Crippen molar-refractivity contribution >= 4 is 47.5 Å². The third-order valence-corrected chi connectivity index (χ3v) is 5.48. The van der Waals surface area contributed by atoms with Crippen LogP contribution in [0, 0.1) is 0 Å². The molecule has 10 heteroatoms. The monoisotopic (exact) mass is 573 g/mol. The van der Waals surface area contributed by atoms with Gasteiger partial charge >= 0.3 is 0 Å². The van der Waals surface area contributed by atoms with Crippen LogP contribution in [-0.4, -0.2) is 92.2 Å². The first-order valence-electron chi connectivity index (χ1n) is 10.7. The van der Waals surface area contributed by atoms with Crippen molar-refractivity contribution in [2.75, 3.05) is 71.4 Å². The quantitative estimate of drug-likeness (QED) is 0.214. The molecule has 0 bridgehead atoms. The SMILES string of the molecule is CN=C(NCCCN1CCN(c2ncccn2)CC1)N(C)CCOc1ccc(Cl)cc1.I. The second-order valence-electron chi connectivity index (χ2n) is 7.43. The summed E-state index contributed by atoms with van der Waals surface area (Å²) in [5.41, 5.74) is 0. The van der Waals surface area contributed by atoms with Gasteiger partial charge in [0.1, 0.15) is 12.4 Å². The summed E-state index contributed by atoms with van der Waals surface area (Å²) in [6.07, 6.45) is 4.66. The highest BCUT2D eigenvalue weighted by Crippen LogP contribution is 2.15. The summed E-state index contributed by atoms with van der Waals surface area (Å²) in [4.78, 5) is 19.9. The second-order valence-corrected chi connectivity index (χ2v) is 7.87. The Bertz CT molecular complexity index is 802. The lowest BCUT2D eigenvalue weighted by Gasteiger charge is -2.34. The summed E-state index contributed by atoms with van der Waals surface area (Å²) in [7, 11) is 3.83. The van der Waals surface area contributed by atoms with Gasteiger partial charge < -0.3 is 19.9 Å². The van der Waals surface area contributed by atoms with Crippen molar-refractivity contribution in [3.8, 4) is 5.75 Å². The highest BCUT2D eigenvalue weighted by atomic mass is 127. The number of nitrogens with zero attached hydrogens (tertiary/aromatic N) is 6. The van der Waals surface area contributed by atoms with E-state index in [0.29, 0.717) is 11.6 Å². The van der Waals surface area contributed by atoms with E-state index in [1.54, 1.807) is 12.4 Å². The molecular formula is C22H33ClIN7O. The highest BCUT2D eigenvalue weighted by molar-refractivity contribution is 14.0. The molecule has 2 aromatic rings. The first-order valence-corrected chi connectivity index (χ1v) is 11.1. The number of nitrogens with one attached hydrogen (secondary N) is 1. The molecule has 0 radical (unpaired) electrons. The number of hydrogen-bond donors (Lipinski definition) is 1. The largest absolute Gasteiger partial charge is 0.492 e. The van der Waals surface area contributed by atoms with E-state index in [2.05, 4.69) is 35.0 Å². The molecule has 0 unspecified atom stereocenters.